The normalized spacial score (nSPS) is 10.0. The summed E-state index contributed by atoms with van der Waals surface area (Å²) >= 11 is 0. The number of carbonyl (C=O) groups is 1. The topological polar surface area (TPSA) is 67.6 Å². The molecule has 0 aliphatic heterocycles. The van der Waals surface area contributed by atoms with Gasteiger partial charge in [-0.05, 0) is 23.8 Å². The summed E-state index contributed by atoms with van der Waals surface area (Å²) < 4.78 is 5.14. The van der Waals surface area contributed by atoms with Gasteiger partial charge < -0.3 is 15.8 Å². The van der Waals surface area contributed by atoms with Crippen molar-refractivity contribution in [3.05, 3.63) is 54.1 Å². The fourth-order valence-electron chi connectivity index (χ4n) is 2.03. The fourth-order valence-corrected chi connectivity index (χ4v) is 2.03. The highest BCUT2D eigenvalue weighted by Gasteiger charge is 2.13. The number of hydrogen-bond acceptors (Lipinski definition) is 3. The van der Waals surface area contributed by atoms with Crippen LogP contribution in [-0.4, -0.2) is 20.2 Å². The zero-order valence-electron chi connectivity index (χ0n) is 12.2. The van der Waals surface area contributed by atoms with Gasteiger partial charge in [0, 0.05) is 31.0 Å². The highest BCUT2D eigenvalue weighted by atomic mass is 16.5. The molecule has 21 heavy (non-hydrogen) atoms. The number of amides is 2. The first-order valence-electron chi connectivity index (χ1n) is 6.62. The quantitative estimate of drug-likeness (QED) is 0.907. The van der Waals surface area contributed by atoms with Crippen LogP contribution in [0.25, 0.3) is 0 Å². The molecule has 3 N–H and O–H groups in total. The highest BCUT2D eigenvalue weighted by molar-refractivity contribution is 6.01. The number of hydrogen-bond donors (Lipinski definition) is 2. The number of nitrogens with one attached hydrogen (secondary N) is 1. The van der Waals surface area contributed by atoms with Gasteiger partial charge in [0.2, 0.25) is 0 Å². The van der Waals surface area contributed by atoms with Crippen LogP contribution in [0.4, 0.5) is 16.2 Å². The van der Waals surface area contributed by atoms with E-state index in [9.17, 15) is 4.79 Å². The van der Waals surface area contributed by atoms with Crippen LogP contribution < -0.4 is 20.7 Å². The number of rotatable bonds is 4. The summed E-state index contributed by atoms with van der Waals surface area (Å²) in [6, 6.07) is 14.5. The van der Waals surface area contributed by atoms with E-state index < -0.39 is 0 Å². The van der Waals surface area contributed by atoms with E-state index in [1.807, 2.05) is 42.5 Å². The van der Waals surface area contributed by atoms with Crippen molar-refractivity contribution < 1.29 is 9.53 Å². The number of urea groups is 1. The predicted octanol–water partition coefficient (Wildman–Crippen LogP) is 2.82. The van der Waals surface area contributed by atoms with Gasteiger partial charge in [-0.3, -0.25) is 4.90 Å². The molecule has 0 saturated carbocycles. The van der Waals surface area contributed by atoms with E-state index in [-0.39, 0.29) is 6.03 Å². The molecule has 0 aliphatic rings. The molecule has 0 aliphatic carbocycles. The van der Waals surface area contributed by atoms with E-state index in [4.69, 9.17) is 10.5 Å². The smallest absolute Gasteiger partial charge is 0.326 e. The maximum atomic E-state index is 12.3. The largest absolute Gasteiger partial charge is 0.497 e. The van der Waals surface area contributed by atoms with Crippen LogP contribution in [-0.2, 0) is 6.54 Å². The maximum absolute atomic E-state index is 12.3. The Morgan fingerprint density at radius 1 is 1.24 bits per heavy atom. The molecule has 0 unspecified atom stereocenters. The summed E-state index contributed by atoms with van der Waals surface area (Å²) in [5, 5.41) is 2.83. The van der Waals surface area contributed by atoms with Crippen LogP contribution >= 0.6 is 0 Å². The molecule has 110 valence electrons. The molecule has 0 aromatic heterocycles. The number of para-hydroxylation sites is 1. The molecule has 0 spiro atoms. The molecular formula is C16H19N3O2. The second kappa shape index (κ2) is 6.76. The minimum Gasteiger partial charge on any atom is -0.497 e. The monoisotopic (exact) mass is 285 g/mol. The fraction of sp³-hybridized carbons (Fsp3) is 0.188. The van der Waals surface area contributed by atoms with Gasteiger partial charge in [0.1, 0.15) is 5.75 Å². The van der Waals surface area contributed by atoms with Gasteiger partial charge in [-0.15, -0.1) is 0 Å². The highest BCUT2D eigenvalue weighted by Crippen LogP contribution is 2.21. The van der Waals surface area contributed by atoms with Gasteiger partial charge >= 0.3 is 6.03 Å². The minimum atomic E-state index is -0.232. The Morgan fingerprint density at radius 3 is 2.71 bits per heavy atom. The lowest BCUT2D eigenvalue weighted by molar-refractivity contribution is 0.258. The first-order chi connectivity index (χ1) is 10.2. The number of carbonyl (C=O) groups excluding carboxylic acids is 1. The predicted molar refractivity (Wildman–Crippen MR) is 84.7 cm³/mol. The van der Waals surface area contributed by atoms with Gasteiger partial charge in [0.05, 0.1) is 7.11 Å². The SMILES string of the molecule is COc1cccc(NC(=O)N(C)c2ccccc2CN)c1. The Labute approximate surface area is 124 Å². The third kappa shape index (κ3) is 3.52. The zero-order chi connectivity index (χ0) is 15.2. The maximum Gasteiger partial charge on any atom is 0.326 e. The number of methoxy groups -OCH3 is 1. The van der Waals surface area contributed by atoms with Crippen molar-refractivity contribution in [2.45, 2.75) is 6.54 Å². The molecular weight excluding hydrogens is 266 g/mol. The molecule has 2 rings (SSSR count). The van der Waals surface area contributed by atoms with Crippen molar-refractivity contribution in [3.63, 3.8) is 0 Å². The Balaban J connectivity index is 2.15. The molecule has 0 radical (unpaired) electrons. The van der Waals surface area contributed by atoms with E-state index in [2.05, 4.69) is 5.32 Å². The zero-order valence-corrected chi connectivity index (χ0v) is 12.2. The van der Waals surface area contributed by atoms with E-state index in [0.717, 1.165) is 11.3 Å². The molecule has 0 heterocycles. The van der Waals surface area contributed by atoms with E-state index in [1.54, 1.807) is 25.1 Å². The van der Waals surface area contributed by atoms with Gasteiger partial charge in [0.15, 0.2) is 0 Å². The number of nitrogens with zero attached hydrogens (tertiary/aromatic N) is 1. The van der Waals surface area contributed by atoms with E-state index in [0.29, 0.717) is 18.0 Å². The summed E-state index contributed by atoms with van der Waals surface area (Å²) in [6.07, 6.45) is 0. The second-order valence-electron chi connectivity index (χ2n) is 4.55. The molecule has 0 saturated heterocycles. The lowest BCUT2D eigenvalue weighted by Crippen LogP contribution is -2.32. The Hall–Kier alpha value is -2.53. The first kappa shape index (κ1) is 14.9. The van der Waals surface area contributed by atoms with Gasteiger partial charge in [-0.25, -0.2) is 4.79 Å². The van der Waals surface area contributed by atoms with Crippen LogP contribution in [0, 0.1) is 0 Å². The van der Waals surface area contributed by atoms with Crippen molar-refractivity contribution in [1.29, 1.82) is 0 Å². The number of ether oxygens (including phenoxy) is 1. The van der Waals surface area contributed by atoms with Crippen molar-refractivity contribution in [2.75, 3.05) is 24.4 Å². The molecule has 0 fully saturated rings. The summed E-state index contributed by atoms with van der Waals surface area (Å²) in [5.74, 6) is 0.692. The number of anilines is 2. The molecule has 2 amide bonds. The molecule has 5 nitrogen and oxygen atoms in total. The van der Waals surface area contributed by atoms with Crippen LogP contribution in [0.2, 0.25) is 0 Å². The average molecular weight is 285 g/mol. The summed E-state index contributed by atoms with van der Waals surface area (Å²) in [5.41, 5.74) is 8.09. The Bertz CT molecular complexity index is 628. The molecule has 2 aromatic rings. The average Bonchev–Trinajstić information content (AvgIpc) is 2.54. The lowest BCUT2D eigenvalue weighted by Gasteiger charge is -2.21. The third-order valence-corrected chi connectivity index (χ3v) is 3.20. The van der Waals surface area contributed by atoms with Gasteiger partial charge in [0.25, 0.3) is 0 Å². The Morgan fingerprint density at radius 2 is 2.00 bits per heavy atom. The summed E-state index contributed by atoms with van der Waals surface area (Å²) in [4.78, 5) is 13.9. The standard InChI is InChI=1S/C16H19N3O2/c1-19(15-9-4-3-6-12(15)11-17)16(20)18-13-7-5-8-14(10-13)21-2/h3-10H,11,17H2,1-2H3,(H,18,20). The van der Waals surface area contributed by atoms with E-state index in [1.165, 1.54) is 0 Å². The van der Waals surface area contributed by atoms with Crippen molar-refractivity contribution >= 4 is 17.4 Å². The molecule has 2 aromatic carbocycles. The van der Waals surface area contributed by atoms with Crippen molar-refractivity contribution in [1.82, 2.24) is 0 Å². The van der Waals surface area contributed by atoms with E-state index >= 15 is 0 Å². The Kier molecular flexibility index (Phi) is 4.79. The number of benzene rings is 2. The third-order valence-electron chi connectivity index (χ3n) is 3.20. The molecule has 5 heteroatoms. The molecule has 0 bridgehead atoms. The van der Waals surface area contributed by atoms with Crippen LogP contribution in [0.15, 0.2) is 48.5 Å². The number of nitrogens with two attached hydrogens (primary N) is 1. The van der Waals surface area contributed by atoms with Gasteiger partial charge in [-0.2, -0.15) is 0 Å². The van der Waals surface area contributed by atoms with Crippen molar-refractivity contribution in [2.24, 2.45) is 5.73 Å². The molecule has 0 atom stereocenters. The van der Waals surface area contributed by atoms with Gasteiger partial charge in [-0.1, -0.05) is 24.3 Å². The van der Waals surface area contributed by atoms with Crippen LogP contribution in [0.1, 0.15) is 5.56 Å². The van der Waals surface area contributed by atoms with Crippen molar-refractivity contribution in [3.8, 4) is 5.75 Å². The summed E-state index contributed by atoms with van der Waals surface area (Å²) in [7, 11) is 3.30. The lowest BCUT2D eigenvalue weighted by atomic mass is 10.1. The van der Waals surface area contributed by atoms with Crippen LogP contribution in [0.3, 0.4) is 0 Å². The van der Waals surface area contributed by atoms with Crippen LogP contribution in [0.5, 0.6) is 5.75 Å². The first-order valence-corrected chi connectivity index (χ1v) is 6.62. The summed E-state index contributed by atoms with van der Waals surface area (Å²) in [6.45, 7) is 0.382. The second-order valence-corrected chi connectivity index (χ2v) is 4.55. The minimum absolute atomic E-state index is 0.232.